The molecule has 0 radical (unpaired) electrons. The third-order valence-electron chi connectivity index (χ3n) is 3.64. The van der Waals surface area contributed by atoms with Crippen molar-refractivity contribution in [3.63, 3.8) is 0 Å². The Labute approximate surface area is 159 Å². The summed E-state index contributed by atoms with van der Waals surface area (Å²) in [5, 5.41) is 9.87. The van der Waals surface area contributed by atoms with E-state index in [1.807, 2.05) is 23.6 Å². The zero-order valence-corrected chi connectivity index (χ0v) is 15.8. The van der Waals surface area contributed by atoms with Gasteiger partial charge in [-0.1, -0.05) is 35.0 Å². The molecule has 0 bridgehead atoms. The third kappa shape index (κ3) is 3.84. The normalized spacial score (nSPS) is 11.0. The fourth-order valence-corrected chi connectivity index (χ4v) is 3.73. The van der Waals surface area contributed by atoms with Crippen LogP contribution in [0, 0.1) is 24.7 Å². The highest BCUT2D eigenvalue weighted by Crippen LogP contribution is 2.35. The summed E-state index contributed by atoms with van der Waals surface area (Å²) in [4.78, 5) is 12.6. The van der Waals surface area contributed by atoms with Gasteiger partial charge >= 0.3 is 0 Å². The minimum Gasteiger partial charge on any atom is -0.328 e. The predicted molar refractivity (Wildman–Crippen MR) is 101 cm³/mol. The molecule has 0 aliphatic rings. The first-order valence-corrected chi connectivity index (χ1v) is 9.13. The van der Waals surface area contributed by atoms with Crippen LogP contribution in [0.1, 0.15) is 18.4 Å². The van der Waals surface area contributed by atoms with Crippen LogP contribution in [0.5, 0.6) is 0 Å². The van der Waals surface area contributed by atoms with Crippen LogP contribution in [-0.2, 0) is 6.54 Å². The van der Waals surface area contributed by atoms with Gasteiger partial charge in [-0.05, 0) is 31.0 Å². The van der Waals surface area contributed by atoms with Gasteiger partial charge in [0.2, 0.25) is 0 Å². The third-order valence-corrected chi connectivity index (χ3v) is 5.41. The number of aryl methyl sites for hydroxylation is 2. The molecular weight excluding hydrogens is 377 g/mol. The average Bonchev–Trinajstić information content (AvgIpc) is 3.00. The lowest BCUT2D eigenvalue weighted by molar-refractivity contribution is 0.653. The van der Waals surface area contributed by atoms with E-state index >= 15 is 0 Å². The summed E-state index contributed by atoms with van der Waals surface area (Å²) in [5.74, 6) is 2.62. The van der Waals surface area contributed by atoms with Crippen molar-refractivity contribution in [2.45, 2.75) is 36.4 Å². The largest absolute Gasteiger partial charge is 0.328 e. The van der Waals surface area contributed by atoms with E-state index in [-0.39, 0.29) is 5.49 Å². The lowest BCUT2D eigenvalue weighted by Gasteiger charge is -2.05. The molecule has 3 aromatic rings. The number of nitrogens with one attached hydrogen (secondary N) is 2. The van der Waals surface area contributed by atoms with Crippen molar-refractivity contribution in [2.75, 3.05) is 0 Å². The smallest absolute Gasteiger partial charge is 0.173 e. The Morgan fingerprint density at radius 2 is 2.16 bits per heavy atom. The van der Waals surface area contributed by atoms with Crippen LogP contribution in [0.2, 0.25) is 10.0 Å². The van der Waals surface area contributed by atoms with Crippen LogP contribution in [0.15, 0.2) is 28.5 Å². The Bertz CT molecular complexity index is 1030. The fraction of sp³-hybridized carbons (Fsp3) is 0.235. The molecule has 2 aromatic heterocycles. The molecule has 2 heterocycles. The van der Waals surface area contributed by atoms with Gasteiger partial charge in [-0.3, -0.25) is 5.41 Å². The predicted octanol–water partition coefficient (Wildman–Crippen LogP) is 4.42. The second-order valence-corrected chi connectivity index (χ2v) is 7.31. The Morgan fingerprint density at radius 3 is 2.92 bits per heavy atom. The average molecular weight is 392 g/mol. The standard InChI is InChI=1S/C17H15Cl2N5S/c1-3-4-5-6-24-9-21-15(20)14-16(24)23-17(22-14)25-13-8-11(18)10(2)7-12(13)19/h1,7-9,20H,4-6H2,2H3,(H,22,23). The number of unbranched alkanes of at least 4 members (excludes halogenated alkanes) is 1. The molecular formula is C17H15Cl2N5S. The second kappa shape index (κ2) is 7.52. The highest BCUT2D eigenvalue weighted by molar-refractivity contribution is 7.99. The summed E-state index contributed by atoms with van der Waals surface area (Å²) in [6.07, 6.45) is 8.42. The minimum atomic E-state index is 0.149. The van der Waals surface area contributed by atoms with Gasteiger partial charge in [-0.15, -0.1) is 12.3 Å². The maximum absolute atomic E-state index is 7.99. The van der Waals surface area contributed by atoms with Gasteiger partial charge in [0.25, 0.3) is 0 Å². The summed E-state index contributed by atoms with van der Waals surface area (Å²) in [6.45, 7) is 2.60. The van der Waals surface area contributed by atoms with E-state index in [1.54, 1.807) is 6.33 Å². The zero-order chi connectivity index (χ0) is 18.0. The minimum absolute atomic E-state index is 0.149. The first-order chi connectivity index (χ1) is 12.0. The van der Waals surface area contributed by atoms with E-state index in [2.05, 4.69) is 20.9 Å². The molecule has 0 atom stereocenters. The number of aromatic nitrogens is 4. The first kappa shape index (κ1) is 17.9. The van der Waals surface area contributed by atoms with Crippen molar-refractivity contribution >= 4 is 46.1 Å². The molecule has 25 heavy (non-hydrogen) atoms. The molecule has 0 aliphatic carbocycles. The zero-order valence-electron chi connectivity index (χ0n) is 13.4. The highest BCUT2D eigenvalue weighted by atomic mass is 35.5. The number of imidazole rings is 1. The lowest BCUT2D eigenvalue weighted by atomic mass is 10.2. The van der Waals surface area contributed by atoms with Crippen LogP contribution in [0.4, 0.5) is 0 Å². The quantitative estimate of drug-likeness (QED) is 0.499. The molecule has 0 saturated carbocycles. The molecule has 5 nitrogen and oxygen atoms in total. The highest BCUT2D eigenvalue weighted by Gasteiger charge is 2.13. The first-order valence-electron chi connectivity index (χ1n) is 7.56. The van der Waals surface area contributed by atoms with Crippen molar-refractivity contribution in [1.29, 1.82) is 5.41 Å². The van der Waals surface area contributed by atoms with E-state index in [1.165, 1.54) is 11.8 Å². The SMILES string of the molecule is C#CCCCn1cnc(=N)c2[nH]c(Sc3cc(Cl)c(C)cc3Cl)nc21. The number of hydrogen-bond donors (Lipinski definition) is 2. The molecule has 0 amide bonds. The number of halogens is 2. The van der Waals surface area contributed by atoms with Crippen LogP contribution in [0.3, 0.4) is 0 Å². The van der Waals surface area contributed by atoms with Crippen molar-refractivity contribution in [1.82, 2.24) is 19.5 Å². The number of hydrogen-bond acceptors (Lipinski definition) is 4. The Hall–Kier alpha value is -1.94. The van der Waals surface area contributed by atoms with Crippen LogP contribution in [-0.4, -0.2) is 19.5 Å². The van der Waals surface area contributed by atoms with Crippen LogP contribution in [0.25, 0.3) is 11.2 Å². The van der Waals surface area contributed by atoms with Gasteiger partial charge in [0.1, 0.15) is 5.52 Å². The molecule has 0 aliphatic heterocycles. The van der Waals surface area contributed by atoms with E-state index in [9.17, 15) is 0 Å². The van der Waals surface area contributed by atoms with Gasteiger partial charge in [-0.2, -0.15) is 0 Å². The Kier molecular flexibility index (Phi) is 5.38. The van der Waals surface area contributed by atoms with Crippen molar-refractivity contribution in [3.05, 3.63) is 39.6 Å². The molecule has 128 valence electrons. The van der Waals surface area contributed by atoms with E-state index < -0.39 is 0 Å². The molecule has 8 heteroatoms. The van der Waals surface area contributed by atoms with E-state index in [4.69, 9.17) is 35.0 Å². The van der Waals surface area contributed by atoms with Gasteiger partial charge in [0.05, 0.1) is 11.3 Å². The van der Waals surface area contributed by atoms with Crippen molar-refractivity contribution in [3.8, 4) is 12.3 Å². The monoisotopic (exact) mass is 391 g/mol. The van der Waals surface area contributed by atoms with Crippen molar-refractivity contribution in [2.24, 2.45) is 0 Å². The summed E-state index contributed by atoms with van der Waals surface area (Å²) in [7, 11) is 0. The van der Waals surface area contributed by atoms with Crippen LogP contribution >= 0.6 is 35.0 Å². The number of aromatic amines is 1. The molecule has 3 rings (SSSR count). The number of fused-ring (bicyclic) bond motifs is 1. The van der Waals surface area contributed by atoms with E-state index in [0.29, 0.717) is 39.3 Å². The molecule has 0 spiro atoms. The molecule has 2 N–H and O–H groups in total. The van der Waals surface area contributed by atoms with Gasteiger partial charge in [0.15, 0.2) is 16.3 Å². The summed E-state index contributed by atoms with van der Waals surface area (Å²) < 4.78 is 1.90. The second-order valence-electron chi connectivity index (χ2n) is 5.47. The maximum Gasteiger partial charge on any atom is 0.173 e. The van der Waals surface area contributed by atoms with Gasteiger partial charge < -0.3 is 9.55 Å². The van der Waals surface area contributed by atoms with Crippen LogP contribution < -0.4 is 5.49 Å². The Balaban J connectivity index is 1.97. The molecule has 0 fully saturated rings. The summed E-state index contributed by atoms with van der Waals surface area (Å²) in [6, 6.07) is 3.64. The number of benzene rings is 1. The Morgan fingerprint density at radius 1 is 1.36 bits per heavy atom. The topological polar surface area (TPSA) is 70.3 Å². The fourth-order valence-electron chi connectivity index (χ4n) is 2.34. The number of nitrogens with zero attached hydrogens (tertiary/aromatic N) is 3. The summed E-state index contributed by atoms with van der Waals surface area (Å²) >= 11 is 13.9. The maximum atomic E-state index is 7.99. The summed E-state index contributed by atoms with van der Waals surface area (Å²) in [5.41, 5.74) is 2.33. The number of H-pyrrole nitrogens is 1. The van der Waals surface area contributed by atoms with Gasteiger partial charge in [0, 0.05) is 22.9 Å². The number of terminal acetylenes is 1. The van der Waals surface area contributed by atoms with E-state index in [0.717, 1.165) is 16.9 Å². The van der Waals surface area contributed by atoms with Crippen molar-refractivity contribution < 1.29 is 0 Å². The molecule has 1 aromatic carbocycles. The molecule has 0 unspecified atom stereocenters. The van der Waals surface area contributed by atoms with Gasteiger partial charge in [-0.25, -0.2) is 9.97 Å². The molecule has 0 saturated heterocycles. The lowest BCUT2D eigenvalue weighted by Crippen LogP contribution is -2.12. The number of rotatable bonds is 5.